The van der Waals surface area contributed by atoms with Crippen LogP contribution in [-0.4, -0.2) is 22.6 Å². The summed E-state index contributed by atoms with van der Waals surface area (Å²) in [6.07, 6.45) is 2.40. The summed E-state index contributed by atoms with van der Waals surface area (Å²) in [6.45, 7) is 4.79. The SMILES string of the molecule is CC(C)CNC(=O)c1ccc(C2CC2)nn1. The molecule has 1 saturated carbocycles. The lowest BCUT2D eigenvalue weighted by Gasteiger charge is -2.06. The zero-order valence-corrected chi connectivity index (χ0v) is 9.73. The van der Waals surface area contributed by atoms with Crippen molar-refractivity contribution < 1.29 is 4.79 Å². The van der Waals surface area contributed by atoms with Crippen LogP contribution in [0.15, 0.2) is 12.1 Å². The molecular weight excluding hydrogens is 202 g/mol. The lowest BCUT2D eigenvalue weighted by Crippen LogP contribution is -2.28. The molecule has 1 aromatic rings. The Morgan fingerprint density at radius 1 is 1.44 bits per heavy atom. The number of hydrogen-bond acceptors (Lipinski definition) is 3. The van der Waals surface area contributed by atoms with Crippen molar-refractivity contribution in [3.8, 4) is 0 Å². The third-order valence-electron chi connectivity index (χ3n) is 2.58. The van der Waals surface area contributed by atoms with E-state index in [0.717, 1.165) is 5.69 Å². The highest BCUT2D eigenvalue weighted by Gasteiger charge is 2.25. The molecule has 1 aromatic heterocycles. The number of nitrogens with zero attached hydrogens (tertiary/aromatic N) is 2. The van der Waals surface area contributed by atoms with Crippen molar-refractivity contribution in [2.75, 3.05) is 6.54 Å². The minimum atomic E-state index is -0.136. The molecule has 0 saturated heterocycles. The van der Waals surface area contributed by atoms with E-state index in [-0.39, 0.29) is 5.91 Å². The van der Waals surface area contributed by atoms with Crippen LogP contribution in [0.4, 0.5) is 0 Å². The molecular formula is C12H17N3O. The van der Waals surface area contributed by atoms with Gasteiger partial charge in [-0.2, -0.15) is 5.10 Å². The summed E-state index contributed by atoms with van der Waals surface area (Å²) in [5.41, 5.74) is 1.42. The van der Waals surface area contributed by atoms with Crippen molar-refractivity contribution in [2.24, 2.45) is 5.92 Å². The predicted molar refractivity (Wildman–Crippen MR) is 61.2 cm³/mol. The fourth-order valence-corrected chi connectivity index (χ4v) is 1.45. The Morgan fingerprint density at radius 2 is 2.19 bits per heavy atom. The normalized spacial score (nSPS) is 15.2. The Morgan fingerprint density at radius 3 is 2.69 bits per heavy atom. The maximum atomic E-state index is 11.6. The minimum Gasteiger partial charge on any atom is -0.350 e. The Hall–Kier alpha value is -1.45. The van der Waals surface area contributed by atoms with Crippen LogP contribution in [0.25, 0.3) is 0 Å². The fourth-order valence-electron chi connectivity index (χ4n) is 1.45. The highest BCUT2D eigenvalue weighted by Crippen LogP contribution is 2.38. The molecule has 1 aliphatic rings. The van der Waals surface area contributed by atoms with Gasteiger partial charge in [0.2, 0.25) is 0 Å². The highest BCUT2D eigenvalue weighted by molar-refractivity contribution is 5.91. The van der Waals surface area contributed by atoms with E-state index in [4.69, 9.17) is 0 Å². The van der Waals surface area contributed by atoms with Gasteiger partial charge < -0.3 is 5.32 Å². The van der Waals surface area contributed by atoms with Crippen LogP contribution in [0.5, 0.6) is 0 Å². The Bertz CT molecular complexity index is 368. The second-order valence-electron chi connectivity index (χ2n) is 4.72. The first-order valence-electron chi connectivity index (χ1n) is 5.78. The van der Waals surface area contributed by atoms with E-state index in [9.17, 15) is 4.79 Å². The molecule has 4 nitrogen and oxygen atoms in total. The second-order valence-corrected chi connectivity index (χ2v) is 4.72. The van der Waals surface area contributed by atoms with Gasteiger partial charge >= 0.3 is 0 Å². The van der Waals surface area contributed by atoms with Gasteiger partial charge in [-0.15, -0.1) is 5.10 Å². The number of nitrogens with one attached hydrogen (secondary N) is 1. The van der Waals surface area contributed by atoms with E-state index < -0.39 is 0 Å². The second kappa shape index (κ2) is 4.60. The van der Waals surface area contributed by atoms with Crippen molar-refractivity contribution >= 4 is 5.91 Å². The van der Waals surface area contributed by atoms with Crippen LogP contribution >= 0.6 is 0 Å². The van der Waals surface area contributed by atoms with Gasteiger partial charge in [-0.25, -0.2) is 0 Å². The van der Waals surface area contributed by atoms with Crippen molar-refractivity contribution in [2.45, 2.75) is 32.6 Å². The van der Waals surface area contributed by atoms with Crippen LogP contribution in [-0.2, 0) is 0 Å². The lowest BCUT2D eigenvalue weighted by molar-refractivity contribution is 0.0943. The summed E-state index contributed by atoms with van der Waals surface area (Å²) in [4.78, 5) is 11.6. The van der Waals surface area contributed by atoms with Gasteiger partial charge in [-0.05, 0) is 30.9 Å². The monoisotopic (exact) mass is 219 g/mol. The molecule has 0 atom stereocenters. The topological polar surface area (TPSA) is 54.9 Å². The third kappa shape index (κ3) is 2.78. The molecule has 1 aliphatic carbocycles. The van der Waals surface area contributed by atoms with E-state index >= 15 is 0 Å². The average Bonchev–Trinajstić information content (AvgIpc) is 3.10. The first kappa shape index (κ1) is 11.0. The van der Waals surface area contributed by atoms with Gasteiger partial charge in [-0.3, -0.25) is 4.79 Å². The molecule has 2 rings (SSSR count). The molecule has 1 heterocycles. The van der Waals surface area contributed by atoms with Gasteiger partial charge in [0.1, 0.15) is 0 Å². The standard InChI is InChI=1S/C12H17N3O/c1-8(2)7-13-12(16)11-6-5-10(14-15-11)9-3-4-9/h5-6,8-9H,3-4,7H2,1-2H3,(H,13,16). The third-order valence-corrected chi connectivity index (χ3v) is 2.58. The van der Waals surface area contributed by atoms with Crippen molar-refractivity contribution in [1.82, 2.24) is 15.5 Å². The van der Waals surface area contributed by atoms with E-state index in [2.05, 4.69) is 29.4 Å². The van der Waals surface area contributed by atoms with Crippen LogP contribution in [0.3, 0.4) is 0 Å². The zero-order valence-electron chi connectivity index (χ0n) is 9.73. The molecule has 86 valence electrons. The minimum absolute atomic E-state index is 0.136. The molecule has 0 unspecified atom stereocenters. The Labute approximate surface area is 95.5 Å². The van der Waals surface area contributed by atoms with Crippen molar-refractivity contribution in [1.29, 1.82) is 0 Å². The molecule has 0 aliphatic heterocycles. The summed E-state index contributed by atoms with van der Waals surface area (Å²) < 4.78 is 0. The number of aromatic nitrogens is 2. The molecule has 0 bridgehead atoms. The largest absolute Gasteiger partial charge is 0.350 e. The number of carbonyl (C=O) groups is 1. The molecule has 1 fully saturated rings. The average molecular weight is 219 g/mol. The van der Waals surface area contributed by atoms with Gasteiger partial charge in [0, 0.05) is 12.5 Å². The van der Waals surface area contributed by atoms with Crippen LogP contribution in [0.1, 0.15) is 48.8 Å². The lowest BCUT2D eigenvalue weighted by atomic mass is 10.2. The number of amides is 1. The first-order chi connectivity index (χ1) is 7.66. The number of carbonyl (C=O) groups excluding carboxylic acids is 1. The van der Waals surface area contributed by atoms with Crippen LogP contribution in [0.2, 0.25) is 0 Å². The van der Waals surface area contributed by atoms with E-state index in [1.807, 2.05) is 6.07 Å². The van der Waals surface area contributed by atoms with Gasteiger partial charge in [0.15, 0.2) is 5.69 Å². The van der Waals surface area contributed by atoms with E-state index in [0.29, 0.717) is 24.1 Å². The number of hydrogen-bond donors (Lipinski definition) is 1. The zero-order chi connectivity index (χ0) is 11.5. The van der Waals surface area contributed by atoms with Gasteiger partial charge in [0.05, 0.1) is 5.69 Å². The molecule has 4 heteroatoms. The summed E-state index contributed by atoms with van der Waals surface area (Å²) >= 11 is 0. The van der Waals surface area contributed by atoms with Crippen LogP contribution < -0.4 is 5.32 Å². The molecule has 1 amide bonds. The van der Waals surface area contributed by atoms with E-state index in [1.165, 1.54) is 12.8 Å². The quantitative estimate of drug-likeness (QED) is 0.839. The smallest absolute Gasteiger partial charge is 0.271 e. The summed E-state index contributed by atoms with van der Waals surface area (Å²) in [5.74, 6) is 0.895. The predicted octanol–water partition coefficient (Wildman–Crippen LogP) is 1.74. The molecule has 0 radical (unpaired) electrons. The molecule has 0 spiro atoms. The maximum absolute atomic E-state index is 11.6. The number of rotatable bonds is 4. The Balaban J connectivity index is 1.95. The van der Waals surface area contributed by atoms with Gasteiger partial charge in [0.25, 0.3) is 5.91 Å². The summed E-state index contributed by atoms with van der Waals surface area (Å²) in [6, 6.07) is 3.67. The highest BCUT2D eigenvalue weighted by atomic mass is 16.1. The molecule has 16 heavy (non-hydrogen) atoms. The first-order valence-corrected chi connectivity index (χ1v) is 5.78. The van der Waals surface area contributed by atoms with Crippen molar-refractivity contribution in [3.05, 3.63) is 23.5 Å². The van der Waals surface area contributed by atoms with Crippen molar-refractivity contribution in [3.63, 3.8) is 0 Å². The fraction of sp³-hybridized carbons (Fsp3) is 0.583. The van der Waals surface area contributed by atoms with Gasteiger partial charge in [-0.1, -0.05) is 13.8 Å². The summed E-state index contributed by atoms with van der Waals surface area (Å²) in [7, 11) is 0. The van der Waals surface area contributed by atoms with E-state index in [1.54, 1.807) is 6.07 Å². The maximum Gasteiger partial charge on any atom is 0.271 e. The Kier molecular flexibility index (Phi) is 3.17. The molecule has 0 aromatic carbocycles. The van der Waals surface area contributed by atoms with Crippen LogP contribution in [0, 0.1) is 5.92 Å². The summed E-state index contributed by atoms with van der Waals surface area (Å²) in [5, 5.41) is 10.9. The molecule has 1 N–H and O–H groups in total.